The first-order chi connectivity index (χ1) is 14.1. The van der Waals surface area contributed by atoms with E-state index in [1.807, 2.05) is 32.1 Å². The molecule has 1 aromatic carbocycles. The van der Waals surface area contributed by atoms with Crippen LogP contribution in [0.15, 0.2) is 81.8 Å². The molecule has 1 aromatic rings. The molecule has 0 radical (unpaired) electrons. The molecule has 0 heterocycles. The average molecular weight is 429 g/mol. The maximum Gasteiger partial charge on any atom is 0.185 e. The van der Waals surface area contributed by atoms with Crippen LogP contribution in [0.25, 0.3) is 0 Å². The topological polar surface area (TPSA) is 54.4 Å². The largest absolute Gasteiger partial charge is 0.392 e. The summed E-state index contributed by atoms with van der Waals surface area (Å²) in [6, 6.07) is 8.60. The van der Waals surface area contributed by atoms with E-state index in [4.69, 9.17) is 0 Å². The van der Waals surface area contributed by atoms with Crippen molar-refractivity contribution in [3.63, 3.8) is 0 Å². The molecule has 0 aromatic heterocycles. The van der Waals surface area contributed by atoms with Gasteiger partial charge in [-0.3, -0.25) is 0 Å². The summed E-state index contributed by atoms with van der Waals surface area (Å²) in [5, 5.41) is 8.52. The molecule has 1 aliphatic rings. The summed E-state index contributed by atoms with van der Waals surface area (Å²) >= 11 is 0. The second kappa shape index (κ2) is 10.4. The lowest BCUT2D eigenvalue weighted by Gasteiger charge is -2.33. The third kappa shape index (κ3) is 6.29. The van der Waals surface area contributed by atoms with E-state index in [1.165, 1.54) is 24.0 Å². The zero-order chi connectivity index (χ0) is 22.4. The molecule has 0 aliphatic heterocycles. The number of sulfone groups is 1. The SMILES string of the molecule is CC1=C(/C=C/C(C)=C/C(C/C(C)=C/CO)S(=O)(=O)c2ccccc2)C(C)(C)CCC1. The van der Waals surface area contributed by atoms with Crippen molar-refractivity contribution in [1.29, 1.82) is 0 Å². The van der Waals surface area contributed by atoms with Gasteiger partial charge in [0.1, 0.15) is 0 Å². The molecule has 1 atom stereocenters. The van der Waals surface area contributed by atoms with E-state index in [-0.39, 0.29) is 12.0 Å². The lowest BCUT2D eigenvalue weighted by atomic mass is 9.72. The monoisotopic (exact) mass is 428 g/mol. The molecular weight excluding hydrogens is 392 g/mol. The molecule has 1 unspecified atom stereocenters. The van der Waals surface area contributed by atoms with Crippen molar-refractivity contribution in [1.82, 2.24) is 0 Å². The fourth-order valence-electron chi connectivity index (χ4n) is 4.17. The van der Waals surface area contributed by atoms with Gasteiger partial charge in [-0.05, 0) is 69.6 Å². The van der Waals surface area contributed by atoms with Crippen molar-refractivity contribution in [2.45, 2.75) is 70.4 Å². The lowest BCUT2D eigenvalue weighted by Crippen LogP contribution is -2.20. The third-order valence-electron chi connectivity index (χ3n) is 5.94. The molecule has 0 amide bonds. The minimum Gasteiger partial charge on any atom is -0.392 e. The van der Waals surface area contributed by atoms with Crippen LogP contribution in [-0.2, 0) is 9.84 Å². The van der Waals surface area contributed by atoms with E-state index in [1.54, 1.807) is 30.3 Å². The van der Waals surface area contributed by atoms with Gasteiger partial charge < -0.3 is 5.11 Å². The van der Waals surface area contributed by atoms with Crippen LogP contribution in [0, 0.1) is 5.41 Å². The molecule has 1 N–H and O–H groups in total. The molecule has 0 saturated carbocycles. The molecule has 0 spiro atoms. The fraction of sp³-hybridized carbons (Fsp3) is 0.462. The Balaban J connectivity index is 2.39. The van der Waals surface area contributed by atoms with Gasteiger partial charge in [-0.15, -0.1) is 0 Å². The van der Waals surface area contributed by atoms with Crippen LogP contribution in [0.3, 0.4) is 0 Å². The van der Waals surface area contributed by atoms with Crippen molar-refractivity contribution >= 4 is 9.84 Å². The third-order valence-corrected chi connectivity index (χ3v) is 7.97. The van der Waals surface area contributed by atoms with Crippen LogP contribution in [0.2, 0.25) is 0 Å². The summed E-state index contributed by atoms with van der Waals surface area (Å²) < 4.78 is 26.6. The quantitative estimate of drug-likeness (QED) is 0.397. The first-order valence-electron chi connectivity index (χ1n) is 10.7. The van der Waals surface area contributed by atoms with Crippen LogP contribution in [0.5, 0.6) is 0 Å². The summed E-state index contributed by atoms with van der Waals surface area (Å²) in [5.41, 5.74) is 4.72. The molecule has 2 rings (SSSR count). The maximum absolute atomic E-state index is 13.3. The van der Waals surface area contributed by atoms with E-state index in [0.29, 0.717) is 11.3 Å². The Bertz CT molecular complexity index is 945. The number of aliphatic hydroxyl groups is 1. The first kappa shape index (κ1) is 24.4. The van der Waals surface area contributed by atoms with E-state index in [2.05, 4.69) is 26.8 Å². The van der Waals surface area contributed by atoms with E-state index in [9.17, 15) is 13.5 Å². The second-order valence-electron chi connectivity index (χ2n) is 9.01. The van der Waals surface area contributed by atoms with Crippen molar-refractivity contribution in [3.05, 3.63) is 76.9 Å². The molecule has 30 heavy (non-hydrogen) atoms. The fourth-order valence-corrected chi connectivity index (χ4v) is 5.94. The Labute approximate surface area is 182 Å². The van der Waals surface area contributed by atoms with Crippen molar-refractivity contribution in [3.8, 4) is 0 Å². The van der Waals surface area contributed by atoms with Crippen LogP contribution < -0.4 is 0 Å². The highest BCUT2D eigenvalue weighted by Crippen LogP contribution is 2.40. The van der Waals surface area contributed by atoms with Crippen LogP contribution in [0.4, 0.5) is 0 Å². The Morgan fingerprint density at radius 2 is 1.87 bits per heavy atom. The van der Waals surface area contributed by atoms with Gasteiger partial charge >= 0.3 is 0 Å². The van der Waals surface area contributed by atoms with Gasteiger partial charge in [-0.25, -0.2) is 8.42 Å². The van der Waals surface area contributed by atoms with E-state index < -0.39 is 15.1 Å². The summed E-state index contributed by atoms with van der Waals surface area (Å²) in [4.78, 5) is 0.326. The molecule has 0 bridgehead atoms. The van der Waals surface area contributed by atoms with Gasteiger partial charge in [0.15, 0.2) is 9.84 Å². The Hall–Kier alpha value is -1.91. The number of rotatable bonds is 8. The highest BCUT2D eigenvalue weighted by molar-refractivity contribution is 7.92. The van der Waals surface area contributed by atoms with E-state index in [0.717, 1.165) is 17.6 Å². The first-order valence-corrected chi connectivity index (χ1v) is 12.2. The molecule has 3 nitrogen and oxygen atoms in total. The minimum atomic E-state index is -3.53. The highest BCUT2D eigenvalue weighted by Gasteiger charge is 2.27. The smallest absolute Gasteiger partial charge is 0.185 e. The summed E-state index contributed by atoms with van der Waals surface area (Å²) in [6.45, 7) is 10.5. The molecule has 1 aliphatic carbocycles. The number of benzene rings is 1. The van der Waals surface area contributed by atoms with Gasteiger partial charge in [0.2, 0.25) is 0 Å². The van der Waals surface area contributed by atoms with Gasteiger partial charge in [0, 0.05) is 0 Å². The summed E-state index contributed by atoms with van der Waals surface area (Å²) in [7, 11) is -3.53. The van der Waals surface area contributed by atoms with Crippen molar-refractivity contribution in [2.24, 2.45) is 5.41 Å². The molecular formula is C26H36O3S. The lowest BCUT2D eigenvalue weighted by molar-refractivity contribution is 0.341. The second-order valence-corrected chi connectivity index (χ2v) is 11.2. The normalized spacial score (nSPS) is 19.4. The van der Waals surface area contributed by atoms with E-state index >= 15 is 0 Å². The van der Waals surface area contributed by atoms with Crippen LogP contribution in [-0.4, -0.2) is 25.4 Å². The van der Waals surface area contributed by atoms with Crippen LogP contribution in [0.1, 0.15) is 60.3 Å². The predicted molar refractivity (Wildman–Crippen MR) is 126 cm³/mol. The molecule has 0 fully saturated rings. The standard InChI is InChI=1S/C26H36O3S/c1-20(13-14-25-22(3)10-9-16-26(25,4)5)18-24(19-21(2)15-17-27)30(28,29)23-11-7-6-8-12-23/h6-8,11-15,18,24,27H,9-10,16-17,19H2,1-5H3/b14-13+,20-18+,21-15+. The molecule has 0 saturated heterocycles. The Kier molecular flexibility index (Phi) is 8.45. The summed E-state index contributed by atoms with van der Waals surface area (Å²) in [6.07, 6.45) is 11.6. The number of allylic oxidation sites excluding steroid dienone is 6. The summed E-state index contributed by atoms with van der Waals surface area (Å²) in [5.74, 6) is 0. The van der Waals surface area contributed by atoms with Gasteiger partial charge in [-0.2, -0.15) is 0 Å². The number of hydrogen-bond acceptors (Lipinski definition) is 3. The Morgan fingerprint density at radius 1 is 1.20 bits per heavy atom. The van der Waals surface area contributed by atoms with Crippen molar-refractivity contribution < 1.29 is 13.5 Å². The highest BCUT2D eigenvalue weighted by atomic mass is 32.2. The minimum absolute atomic E-state index is 0.0882. The molecule has 4 heteroatoms. The predicted octanol–water partition coefficient (Wildman–Crippen LogP) is 6.19. The van der Waals surface area contributed by atoms with Crippen LogP contribution >= 0.6 is 0 Å². The van der Waals surface area contributed by atoms with Gasteiger partial charge in [0.05, 0.1) is 16.8 Å². The maximum atomic E-state index is 13.3. The number of hydrogen-bond donors (Lipinski definition) is 1. The zero-order valence-electron chi connectivity index (χ0n) is 19.0. The Morgan fingerprint density at radius 3 is 2.47 bits per heavy atom. The van der Waals surface area contributed by atoms with Crippen molar-refractivity contribution in [2.75, 3.05) is 6.61 Å². The average Bonchev–Trinajstić information content (AvgIpc) is 2.67. The zero-order valence-corrected chi connectivity index (χ0v) is 19.8. The van der Waals surface area contributed by atoms with Gasteiger partial charge in [0.25, 0.3) is 0 Å². The number of aliphatic hydroxyl groups excluding tert-OH is 1. The molecule has 164 valence electrons. The van der Waals surface area contributed by atoms with Gasteiger partial charge in [-0.1, -0.05) is 73.1 Å².